The highest BCUT2D eigenvalue weighted by molar-refractivity contribution is 7.00. The van der Waals surface area contributed by atoms with E-state index < -0.39 is 16.1 Å². The molecule has 0 fully saturated rings. The summed E-state index contributed by atoms with van der Waals surface area (Å²) in [4.78, 5) is 5.15. The van der Waals surface area contributed by atoms with Crippen molar-refractivity contribution < 1.29 is 4.42 Å². The molecule has 1 aliphatic carbocycles. The summed E-state index contributed by atoms with van der Waals surface area (Å²) in [5.74, 6) is 1.17. The quantitative estimate of drug-likeness (QED) is 0.168. The zero-order valence-corrected chi connectivity index (χ0v) is 36.8. The number of rotatable bonds is 4. The Bertz CT molecular complexity index is 2260. The maximum absolute atomic E-state index is 7.52. The molecule has 0 unspecified atom stereocenters. The van der Waals surface area contributed by atoms with Crippen LogP contribution in [0.15, 0.2) is 83.3 Å². The van der Waals surface area contributed by atoms with Crippen LogP contribution in [0.2, 0.25) is 39.3 Å². The molecular weight excluding hydrogens is 676 g/mol. The van der Waals surface area contributed by atoms with Crippen LogP contribution in [0.4, 0.5) is 34.1 Å². The molecule has 3 aliphatic rings. The molecule has 0 radical (unpaired) electrons. The Balaban J connectivity index is 1.49. The normalized spacial score (nSPS) is 17.3. The van der Waals surface area contributed by atoms with Gasteiger partial charge in [-0.2, -0.15) is 0 Å². The van der Waals surface area contributed by atoms with E-state index in [2.05, 4.69) is 183 Å². The van der Waals surface area contributed by atoms with Crippen molar-refractivity contribution in [3.63, 3.8) is 0 Å². The highest BCUT2D eigenvalue weighted by Crippen LogP contribution is 2.54. The van der Waals surface area contributed by atoms with Crippen molar-refractivity contribution in [2.24, 2.45) is 0 Å². The Morgan fingerprint density at radius 2 is 1.17 bits per heavy atom. The Morgan fingerprint density at radius 3 is 1.75 bits per heavy atom. The van der Waals surface area contributed by atoms with E-state index in [9.17, 15) is 0 Å². The van der Waals surface area contributed by atoms with Gasteiger partial charge in [0, 0.05) is 39.4 Å². The lowest BCUT2D eigenvalue weighted by atomic mass is 9.35. The summed E-state index contributed by atoms with van der Waals surface area (Å²) in [7, 11) is -3.12. The van der Waals surface area contributed by atoms with Crippen LogP contribution >= 0.6 is 0 Å². The largest absolute Gasteiger partial charge is 0.472 e. The number of anilines is 6. The third-order valence-corrected chi connectivity index (χ3v) is 16.6. The van der Waals surface area contributed by atoms with Gasteiger partial charge in [0.2, 0.25) is 0 Å². The van der Waals surface area contributed by atoms with Gasteiger partial charge in [-0.1, -0.05) is 135 Å². The number of furan rings is 1. The summed E-state index contributed by atoms with van der Waals surface area (Å²) in [6.07, 6.45) is 2.24. The van der Waals surface area contributed by atoms with Gasteiger partial charge in [0.1, 0.15) is 5.76 Å². The Hall–Kier alpha value is -3.74. The first-order valence-corrected chi connectivity index (χ1v) is 26.9. The van der Waals surface area contributed by atoms with Gasteiger partial charge in [0.25, 0.3) is 6.71 Å². The number of aryl methyl sites for hydroxylation is 1. The lowest BCUT2D eigenvalue weighted by Gasteiger charge is -2.44. The first kappa shape index (κ1) is 36.2. The standard InChI is InChI=1S/C47H59BN2OSi2/c1-30-27-38-41-39(28-30)50(33-17-15-31(16-18-33)45(2,3)4)42-40-43(47(7,8)26-25-46(40,5)6)51-44(42)48(41)36-29-35(53(12,13)14)23-24-37(36)49(38)32-19-21-34(22-20-32)52(9,10)11/h15-24,27-29H,25-26H2,1-14H3. The minimum atomic E-state index is -1.65. The molecule has 0 amide bonds. The fourth-order valence-corrected chi connectivity index (χ4v) is 11.5. The van der Waals surface area contributed by atoms with E-state index >= 15 is 0 Å². The van der Waals surface area contributed by atoms with Gasteiger partial charge in [0.15, 0.2) is 0 Å². The molecule has 0 saturated heterocycles. The van der Waals surface area contributed by atoms with Crippen molar-refractivity contribution in [1.29, 1.82) is 0 Å². The summed E-state index contributed by atoms with van der Waals surface area (Å²) in [5, 5.41) is 2.97. The molecule has 53 heavy (non-hydrogen) atoms. The van der Waals surface area contributed by atoms with Crippen molar-refractivity contribution in [1.82, 2.24) is 0 Å². The maximum atomic E-state index is 7.52. The van der Waals surface area contributed by atoms with Crippen molar-refractivity contribution >= 4 is 83.9 Å². The first-order valence-electron chi connectivity index (χ1n) is 19.9. The molecule has 0 N–H and O–H groups in total. The number of benzene rings is 4. The molecule has 0 bridgehead atoms. The molecule has 3 heterocycles. The van der Waals surface area contributed by atoms with Crippen molar-refractivity contribution in [2.75, 3.05) is 9.80 Å². The predicted molar refractivity (Wildman–Crippen MR) is 237 cm³/mol. The summed E-state index contributed by atoms with van der Waals surface area (Å²) in [5.41, 5.74) is 15.3. The smallest absolute Gasteiger partial charge is 0.297 e. The van der Waals surface area contributed by atoms with Crippen molar-refractivity contribution in [3.8, 4) is 0 Å². The topological polar surface area (TPSA) is 19.6 Å². The maximum Gasteiger partial charge on any atom is 0.297 e. The minimum absolute atomic E-state index is 0.0123. The van der Waals surface area contributed by atoms with E-state index in [4.69, 9.17) is 4.42 Å². The fraction of sp³-hybridized carbons (Fsp3) is 0.404. The third kappa shape index (κ3) is 5.73. The molecule has 4 aromatic carbocycles. The van der Waals surface area contributed by atoms with Gasteiger partial charge < -0.3 is 14.2 Å². The molecule has 0 saturated carbocycles. The highest BCUT2D eigenvalue weighted by Gasteiger charge is 2.52. The molecule has 6 heteroatoms. The fourth-order valence-electron chi connectivity index (χ4n) is 9.15. The number of fused-ring (bicyclic) bond motifs is 6. The number of hydrogen-bond donors (Lipinski definition) is 0. The molecule has 2 aliphatic heterocycles. The molecule has 8 rings (SSSR count). The van der Waals surface area contributed by atoms with Crippen molar-refractivity contribution in [3.05, 3.63) is 101 Å². The Morgan fingerprint density at radius 1 is 0.642 bits per heavy atom. The molecule has 0 atom stereocenters. The van der Waals surface area contributed by atoms with E-state index in [1.54, 1.807) is 0 Å². The summed E-state index contributed by atoms with van der Waals surface area (Å²) in [6, 6.07) is 31.2. The minimum Gasteiger partial charge on any atom is -0.472 e. The van der Waals surface area contributed by atoms with Crippen LogP contribution in [0.5, 0.6) is 0 Å². The van der Waals surface area contributed by atoms with E-state index in [0.29, 0.717) is 0 Å². The monoisotopic (exact) mass is 734 g/mol. The lowest BCUT2D eigenvalue weighted by Crippen LogP contribution is -2.62. The molecular formula is C47H59BN2OSi2. The van der Waals surface area contributed by atoms with E-state index in [1.165, 1.54) is 77.9 Å². The Kier molecular flexibility index (Phi) is 7.95. The zero-order valence-electron chi connectivity index (χ0n) is 34.8. The van der Waals surface area contributed by atoms with Gasteiger partial charge in [-0.25, -0.2) is 0 Å². The van der Waals surface area contributed by atoms with Crippen molar-refractivity contribution in [2.45, 2.75) is 124 Å². The predicted octanol–water partition coefficient (Wildman–Crippen LogP) is 10.4. The second-order valence-electron chi connectivity index (χ2n) is 20.7. The van der Waals surface area contributed by atoms with E-state index in [0.717, 1.165) is 18.5 Å². The van der Waals surface area contributed by atoms with E-state index in [-0.39, 0.29) is 23.0 Å². The van der Waals surface area contributed by atoms with E-state index in [1.807, 2.05) is 0 Å². The number of nitrogens with zero attached hydrogens (tertiary/aromatic N) is 2. The van der Waals surface area contributed by atoms with Gasteiger partial charge >= 0.3 is 0 Å². The first-order chi connectivity index (χ1) is 24.6. The Labute approximate surface area is 321 Å². The van der Waals surface area contributed by atoms with Gasteiger partial charge in [-0.05, 0) is 95.1 Å². The average molecular weight is 735 g/mol. The lowest BCUT2D eigenvalue weighted by molar-refractivity contribution is 0.282. The van der Waals surface area contributed by atoms with Crippen LogP contribution < -0.4 is 36.8 Å². The second kappa shape index (κ2) is 11.6. The van der Waals surface area contributed by atoms with Crippen LogP contribution in [0, 0.1) is 6.92 Å². The van der Waals surface area contributed by atoms with Crippen LogP contribution in [-0.4, -0.2) is 22.9 Å². The zero-order chi connectivity index (χ0) is 38.2. The SMILES string of the molecule is Cc1cc2c3c(c1)N(c1ccc(C(C)(C)C)cc1)c1c(oc4c1C(C)(C)CCC4(C)C)B3c1cc([Si](C)(C)C)ccc1N2c1ccc([Si](C)(C)C)cc1. The average Bonchev–Trinajstić information content (AvgIpc) is 3.48. The third-order valence-electron chi connectivity index (χ3n) is 12.5. The molecule has 3 nitrogen and oxygen atoms in total. The molecule has 274 valence electrons. The van der Waals surface area contributed by atoms with Crippen LogP contribution in [-0.2, 0) is 16.2 Å². The van der Waals surface area contributed by atoms with Crippen LogP contribution in [0.3, 0.4) is 0 Å². The molecule has 5 aromatic rings. The summed E-state index contributed by atoms with van der Waals surface area (Å²) >= 11 is 0. The van der Waals surface area contributed by atoms with Crippen LogP contribution in [0.25, 0.3) is 0 Å². The number of hydrogen-bond acceptors (Lipinski definition) is 3. The summed E-state index contributed by atoms with van der Waals surface area (Å²) < 4.78 is 7.52. The van der Waals surface area contributed by atoms with Gasteiger partial charge in [0.05, 0.1) is 27.5 Å². The molecule has 1 aromatic heterocycles. The summed E-state index contributed by atoms with van der Waals surface area (Å²) in [6.45, 7) is 33.6. The van der Waals surface area contributed by atoms with Gasteiger partial charge in [-0.15, -0.1) is 0 Å². The second-order valence-corrected chi connectivity index (χ2v) is 30.9. The van der Waals surface area contributed by atoms with Gasteiger partial charge in [-0.3, -0.25) is 0 Å². The van der Waals surface area contributed by atoms with Crippen LogP contribution in [0.1, 0.15) is 83.8 Å². The molecule has 0 spiro atoms. The highest BCUT2D eigenvalue weighted by atomic mass is 28.3.